The predicted octanol–water partition coefficient (Wildman–Crippen LogP) is 3.00. The van der Waals surface area contributed by atoms with Crippen LogP contribution in [0.5, 0.6) is 11.5 Å². The Bertz CT molecular complexity index is 708. The lowest BCUT2D eigenvalue weighted by Gasteiger charge is -2.08. The van der Waals surface area contributed by atoms with Crippen LogP contribution in [-0.2, 0) is 0 Å². The number of nitrogens with zero attached hydrogens (tertiary/aromatic N) is 3. The van der Waals surface area contributed by atoms with E-state index in [2.05, 4.69) is 31.2 Å². The second-order valence-corrected chi connectivity index (χ2v) is 5.16. The van der Waals surface area contributed by atoms with Crippen molar-refractivity contribution < 1.29 is 9.84 Å². The molecule has 106 valence electrons. The van der Waals surface area contributed by atoms with Crippen molar-refractivity contribution in [3.63, 3.8) is 0 Å². The van der Waals surface area contributed by atoms with Crippen molar-refractivity contribution in [2.45, 2.75) is 13.8 Å². The summed E-state index contributed by atoms with van der Waals surface area (Å²) in [4.78, 5) is 0. The summed E-state index contributed by atoms with van der Waals surface area (Å²) in [5.41, 5.74) is 0.764. The number of phenolic OH excluding ortho intramolecular Hbond substituents is 1. The van der Waals surface area contributed by atoms with Crippen LogP contribution in [-0.4, -0.2) is 32.8 Å². The quantitative estimate of drug-likeness (QED) is 0.652. The summed E-state index contributed by atoms with van der Waals surface area (Å²) in [5, 5.41) is 20.7. The second kappa shape index (κ2) is 6.19. The smallest absolute Gasteiger partial charge is 0.216 e. The molecule has 0 amide bonds. The first-order valence-corrected chi connectivity index (χ1v) is 7.06. The molecule has 2 aromatic rings. The highest BCUT2D eigenvalue weighted by molar-refractivity contribution is 9.10. The minimum absolute atomic E-state index is 0.0695. The largest absolute Gasteiger partial charge is 0.503 e. The lowest BCUT2D eigenvalue weighted by Crippen LogP contribution is -1.96. The molecular formula is C12H13BrN4O2S. The van der Waals surface area contributed by atoms with Crippen LogP contribution in [0.3, 0.4) is 0 Å². The molecule has 0 saturated carbocycles. The van der Waals surface area contributed by atoms with Crippen LogP contribution in [0, 0.1) is 11.7 Å². The summed E-state index contributed by atoms with van der Waals surface area (Å²) >= 11 is 8.34. The Morgan fingerprint density at radius 2 is 2.35 bits per heavy atom. The molecule has 0 aliphatic carbocycles. The average Bonchev–Trinajstić information content (AvgIpc) is 2.72. The molecule has 6 nitrogen and oxygen atoms in total. The highest BCUT2D eigenvalue weighted by Crippen LogP contribution is 2.35. The summed E-state index contributed by atoms with van der Waals surface area (Å²) in [5.74, 6) is 1.13. The van der Waals surface area contributed by atoms with Gasteiger partial charge in [-0.3, -0.25) is 5.10 Å². The number of phenols is 1. The standard InChI is InChI=1S/C12H13BrN4O2S/c1-3-19-10-5-8(4-9(13)11(10)18)6-14-17-7(2)15-16-12(17)20/h4-6,18H,3H2,1-2H3,(H,16,20)/b14-6-. The number of aromatic amines is 1. The van der Waals surface area contributed by atoms with Gasteiger partial charge in [0.25, 0.3) is 0 Å². The third kappa shape index (κ3) is 3.07. The zero-order chi connectivity index (χ0) is 14.7. The van der Waals surface area contributed by atoms with E-state index in [-0.39, 0.29) is 5.75 Å². The van der Waals surface area contributed by atoms with Crippen molar-refractivity contribution in [1.82, 2.24) is 14.9 Å². The maximum Gasteiger partial charge on any atom is 0.216 e. The van der Waals surface area contributed by atoms with Gasteiger partial charge < -0.3 is 9.84 Å². The molecule has 8 heteroatoms. The Balaban J connectivity index is 2.37. The molecule has 1 aromatic carbocycles. The number of ether oxygens (including phenoxy) is 1. The normalized spacial score (nSPS) is 11.2. The van der Waals surface area contributed by atoms with E-state index >= 15 is 0 Å². The number of aromatic hydroxyl groups is 1. The van der Waals surface area contributed by atoms with E-state index in [0.29, 0.717) is 27.4 Å². The van der Waals surface area contributed by atoms with Crippen molar-refractivity contribution in [3.8, 4) is 11.5 Å². The van der Waals surface area contributed by atoms with Gasteiger partial charge in [-0.15, -0.1) is 0 Å². The molecule has 2 rings (SSSR count). The van der Waals surface area contributed by atoms with Crippen LogP contribution in [0.15, 0.2) is 21.7 Å². The van der Waals surface area contributed by atoms with Gasteiger partial charge in [0.05, 0.1) is 17.3 Å². The number of aromatic nitrogens is 3. The van der Waals surface area contributed by atoms with E-state index in [0.717, 1.165) is 5.56 Å². The summed E-state index contributed by atoms with van der Waals surface area (Å²) in [6, 6.07) is 3.44. The maximum atomic E-state index is 9.84. The first-order valence-electron chi connectivity index (χ1n) is 5.86. The van der Waals surface area contributed by atoms with Crippen molar-refractivity contribution in [2.24, 2.45) is 5.10 Å². The molecule has 0 fully saturated rings. The molecule has 2 N–H and O–H groups in total. The van der Waals surface area contributed by atoms with E-state index in [9.17, 15) is 5.11 Å². The number of halogens is 1. The molecule has 0 aliphatic rings. The lowest BCUT2D eigenvalue weighted by molar-refractivity contribution is 0.317. The summed E-state index contributed by atoms with van der Waals surface area (Å²) in [6.45, 7) is 4.11. The Labute approximate surface area is 129 Å². The highest BCUT2D eigenvalue weighted by Gasteiger charge is 2.08. The molecule has 0 bridgehead atoms. The van der Waals surface area contributed by atoms with Gasteiger partial charge in [-0.25, -0.2) is 0 Å². The van der Waals surface area contributed by atoms with Gasteiger partial charge in [-0.2, -0.15) is 14.9 Å². The van der Waals surface area contributed by atoms with Crippen LogP contribution in [0.25, 0.3) is 0 Å². The minimum atomic E-state index is 0.0695. The second-order valence-electron chi connectivity index (χ2n) is 3.91. The lowest BCUT2D eigenvalue weighted by atomic mass is 10.2. The van der Waals surface area contributed by atoms with E-state index in [1.165, 1.54) is 4.68 Å². The van der Waals surface area contributed by atoms with E-state index < -0.39 is 0 Å². The van der Waals surface area contributed by atoms with Crippen LogP contribution < -0.4 is 4.74 Å². The predicted molar refractivity (Wildman–Crippen MR) is 82.1 cm³/mol. The number of H-pyrrole nitrogens is 1. The summed E-state index contributed by atoms with van der Waals surface area (Å²) < 4.78 is 7.82. The van der Waals surface area contributed by atoms with Gasteiger partial charge in [0.15, 0.2) is 11.5 Å². The number of hydrogen-bond donors (Lipinski definition) is 2. The first kappa shape index (κ1) is 14.7. The summed E-state index contributed by atoms with van der Waals surface area (Å²) in [7, 11) is 0. The van der Waals surface area contributed by atoms with E-state index in [4.69, 9.17) is 17.0 Å². The molecule has 1 heterocycles. The molecule has 0 atom stereocenters. The van der Waals surface area contributed by atoms with Crippen molar-refractivity contribution in [1.29, 1.82) is 0 Å². The maximum absolute atomic E-state index is 9.84. The van der Waals surface area contributed by atoms with Crippen molar-refractivity contribution in [3.05, 3.63) is 32.8 Å². The Hall–Kier alpha value is -1.67. The first-order chi connectivity index (χ1) is 9.52. The van der Waals surface area contributed by atoms with Crippen LogP contribution in [0.2, 0.25) is 0 Å². The fourth-order valence-corrected chi connectivity index (χ4v) is 2.25. The number of nitrogens with one attached hydrogen (secondary N) is 1. The zero-order valence-corrected chi connectivity index (χ0v) is 13.3. The zero-order valence-electron chi connectivity index (χ0n) is 10.9. The Kier molecular flexibility index (Phi) is 4.56. The van der Waals surface area contributed by atoms with Crippen molar-refractivity contribution >= 4 is 34.4 Å². The monoisotopic (exact) mass is 356 g/mol. The molecular weight excluding hydrogens is 344 g/mol. The number of benzene rings is 1. The molecule has 0 aliphatic heterocycles. The number of rotatable bonds is 4. The topological polar surface area (TPSA) is 75.4 Å². The van der Waals surface area contributed by atoms with Gasteiger partial charge >= 0.3 is 0 Å². The molecule has 1 aromatic heterocycles. The third-order valence-electron chi connectivity index (χ3n) is 2.49. The van der Waals surface area contributed by atoms with E-state index in [1.54, 1.807) is 25.3 Å². The number of hydrogen-bond acceptors (Lipinski definition) is 5. The van der Waals surface area contributed by atoms with Crippen LogP contribution in [0.1, 0.15) is 18.3 Å². The molecule has 0 saturated heterocycles. The Morgan fingerprint density at radius 3 is 2.95 bits per heavy atom. The third-order valence-corrected chi connectivity index (χ3v) is 3.35. The molecule has 0 unspecified atom stereocenters. The number of aryl methyl sites for hydroxylation is 1. The SMILES string of the molecule is CCOc1cc(/C=N\n2c(C)n[nH]c2=S)cc(Br)c1O. The average molecular weight is 357 g/mol. The van der Waals surface area contributed by atoms with E-state index in [1.807, 2.05) is 6.92 Å². The molecule has 0 radical (unpaired) electrons. The van der Waals surface area contributed by atoms with Gasteiger partial charge in [0, 0.05) is 0 Å². The Morgan fingerprint density at radius 1 is 1.60 bits per heavy atom. The van der Waals surface area contributed by atoms with Crippen LogP contribution in [0.4, 0.5) is 0 Å². The molecule has 0 spiro atoms. The van der Waals surface area contributed by atoms with Gasteiger partial charge in [0.2, 0.25) is 4.77 Å². The minimum Gasteiger partial charge on any atom is -0.503 e. The van der Waals surface area contributed by atoms with Gasteiger partial charge in [-0.05, 0) is 59.7 Å². The van der Waals surface area contributed by atoms with Crippen molar-refractivity contribution in [2.75, 3.05) is 6.61 Å². The highest BCUT2D eigenvalue weighted by atomic mass is 79.9. The van der Waals surface area contributed by atoms with Gasteiger partial charge in [-0.1, -0.05) is 0 Å². The summed E-state index contributed by atoms with van der Waals surface area (Å²) in [6.07, 6.45) is 1.62. The fraction of sp³-hybridized carbons (Fsp3) is 0.250. The van der Waals surface area contributed by atoms with Crippen LogP contribution >= 0.6 is 28.1 Å². The fourth-order valence-electron chi connectivity index (χ4n) is 1.56. The molecule has 20 heavy (non-hydrogen) atoms. The van der Waals surface area contributed by atoms with Gasteiger partial charge in [0.1, 0.15) is 5.82 Å².